The van der Waals surface area contributed by atoms with E-state index in [2.05, 4.69) is 38.4 Å². The summed E-state index contributed by atoms with van der Waals surface area (Å²) in [7, 11) is -1.27. The standard InChI is InChI=1S/C16H32Si/c1-5-9-10-11-12-13-14-15-16-17(6-2,7-3)8-4/h6-7H,2-3,5,8-16H2,1,4H3. The molecule has 0 aliphatic heterocycles. The molecule has 0 fully saturated rings. The lowest BCUT2D eigenvalue weighted by molar-refractivity contribution is 0.584. The molecular weight excluding hydrogens is 220 g/mol. The second kappa shape index (κ2) is 10.8. The smallest absolute Gasteiger partial charge is 0.100 e. The summed E-state index contributed by atoms with van der Waals surface area (Å²) in [5.41, 5.74) is 4.45. The predicted octanol–water partition coefficient (Wildman–Crippen LogP) is 6.05. The van der Waals surface area contributed by atoms with E-state index in [1.165, 1.54) is 63.5 Å². The van der Waals surface area contributed by atoms with Crippen LogP contribution < -0.4 is 0 Å². The first-order chi connectivity index (χ1) is 8.24. The Balaban J connectivity index is 3.49. The first kappa shape index (κ1) is 16.7. The Kier molecular flexibility index (Phi) is 10.6. The average molecular weight is 253 g/mol. The van der Waals surface area contributed by atoms with Gasteiger partial charge in [-0.2, -0.15) is 0 Å². The molecule has 0 saturated carbocycles. The third kappa shape index (κ3) is 7.59. The zero-order valence-corrected chi connectivity index (χ0v) is 13.1. The van der Waals surface area contributed by atoms with E-state index in [1.807, 2.05) is 0 Å². The average Bonchev–Trinajstić information content (AvgIpc) is 2.38. The predicted molar refractivity (Wildman–Crippen MR) is 84.0 cm³/mol. The third-order valence-corrected chi connectivity index (χ3v) is 8.19. The van der Waals surface area contributed by atoms with Gasteiger partial charge in [0.1, 0.15) is 8.07 Å². The lowest BCUT2D eigenvalue weighted by Gasteiger charge is -2.22. The van der Waals surface area contributed by atoms with Crippen molar-refractivity contribution in [1.82, 2.24) is 0 Å². The van der Waals surface area contributed by atoms with E-state index >= 15 is 0 Å². The molecule has 100 valence electrons. The van der Waals surface area contributed by atoms with Gasteiger partial charge in [0.05, 0.1) is 0 Å². The minimum absolute atomic E-state index is 1.27. The van der Waals surface area contributed by atoms with Gasteiger partial charge in [-0.15, -0.1) is 13.2 Å². The van der Waals surface area contributed by atoms with Gasteiger partial charge >= 0.3 is 0 Å². The molecule has 0 aromatic heterocycles. The summed E-state index contributed by atoms with van der Waals surface area (Å²) in [6, 6.07) is 2.64. The van der Waals surface area contributed by atoms with Gasteiger partial charge < -0.3 is 0 Å². The molecule has 0 rings (SSSR count). The van der Waals surface area contributed by atoms with Crippen molar-refractivity contribution in [1.29, 1.82) is 0 Å². The summed E-state index contributed by atoms with van der Waals surface area (Å²) in [5, 5.41) is 0. The first-order valence-electron chi connectivity index (χ1n) is 7.52. The molecule has 0 radical (unpaired) electrons. The van der Waals surface area contributed by atoms with Crippen molar-refractivity contribution < 1.29 is 0 Å². The van der Waals surface area contributed by atoms with E-state index in [1.54, 1.807) is 0 Å². The first-order valence-corrected chi connectivity index (χ1v) is 10.1. The molecule has 1 heteroatoms. The maximum Gasteiger partial charge on any atom is 0.100 e. The summed E-state index contributed by atoms with van der Waals surface area (Å²) in [6.07, 6.45) is 11.3. The highest BCUT2D eigenvalue weighted by Crippen LogP contribution is 2.22. The molecule has 17 heavy (non-hydrogen) atoms. The Morgan fingerprint density at radius 2 is 1.24 bits per heavy atom. The normalized spacial score (nSPS) is 11.4. The van der Waals surface area contributed by atoms with Gasteiger partial charge in [0, 0.05) is 0 Å². The number of unbranched alkanes of at least 4 members (excludes halogenated alkanes) is 7. The quantitative estimate of drug-likeness (QED) is 0.293. The molecule has 0 saturated heterocycles. The Morgan fingerprint density at radius 3 is 1.65 bits per heavy atom. The topological polar surface area (TPSA) is 0 Å². The van der Waals surface area contributed by atoms with Gasteiger partial charge in [0.15, 0.2) is 0 Å². The van der Waals surface area contributed by atoms with E-state index in [0.717, 1.165) is 0 Å². The van der Waals surface area contributed by atoms with Crippen molar-refractivity contribution in [3.63, 3.8) is 0 Å². The lowest BCUT2D eigenvalue weighted by atomic mass is 10.1. The molecule has 0 N–H and O–H groups in total. The van der Waals surface area contributed by atoms with Crippen molar-refractivity contribution in [2.75, 3.05) is 0 Å². The van der Waals surface area contributed by atoms with Gasteiger partial charge in [-0.1, -0.05) is 88.7 Å². The van der Waals surface area contributed by atoms with Crippen molar-refractivity contribution in [3.8, 4) is 0 Å². The zero-order chi connectivity index (χ0) is 13.0. The maximum absolute atomic E-state index is 4.01. The van der Waals surface area contributed by atoms with Crippen molar-refractivity contribution >= 4 is 8.07 Å². The second-order valence-electron chi connectivity index (χ2n) is 5.22. The zero-order valence-electron chi connectivity index (χ0n) is 12.1. The van der Waals surface area contributed by atoms with Crippen LogP contribution in [0.3, 0.4) is 0 Å². The third-order valence-electron chi connectivity index (χ3n) is 3.97. The van der Waals surface area contributed by atoms with Crippen LogP contribution >= 0.6 is 0 Å². The molecule has 0 aliphatic rings. The largest absolute Gasteiger partial charge is 0.107 e. The SMILES string of the molecule is C=C[Si](C=C)(CC)CCCCCCCCCC. The fraction of sp³-hybridized carbons (Fsp3) is 0.750. The van der Waals surface area contributed by atoms with Gasteiger partial charge in [0.25, 0.3) is 0 Å². The van der Waals surface area contributed by atoms with E-state index in [0.29, 0.717) is 0 Å². The van der Waals surface area contributed by atoms with Crippen LogP contribution in [0.25, 0.3) is 0 Å². The number of rotatable bonds is 12. The van der Waals surface area contributed by atoms with Gasteiger partial charge in [-0.3, -0.25) is 0 Å². The van der Waals surface area contributed by atoms with E-state index in [4.69, 9.17) is 0 Å². The van der Waals surface area contributed by atoms with Gasteiger partial charge in [-0.25, -0.2) is 0 Å². The summed E-state index contributed by atoms with van der Waals surface area (Å²) in [6.45, 7) is 12.6. The molecule has 0 aromatic carbocycles. The van der Waals surface area contributed by atoms with Crippen LogP contribution in [0.2, 0.25) is 12.1 Å². The Hall–Kier alpha value is -0.303. The van der Waals surface area contributed by atoms with Crippen LogP contribution in [0.15, 0.2) is 24.6 Å². The Morgan fingerprint density at radius 1 is 0.765 bits per heavy atom. The van der Waals surface area contributed by atoms with Gasteiger partial charge in [0.2, 0.25) is 0 Å². The summed E-state index contributed by atoms with van der Waals surface area (Å²) in [5.74, 6) is 0. The molecule has 0 amide bonds. The Bertz CT molecular complexity index is 188. The highest BCUT2D eigenvalue weighted by molar-refractivity contribution is 6.88. The number of hydrogen-bond donors (Lipinski definition) is 0. The van der Waals surface area contributed by atoms with E-state index in [9.17, 15) is 0 Å². The van der Waals surface area contributed by atoms with Crippen LogP contribution in [0, 0.1) is 0 Å². The highest BCUT2D eigenvalue weighted by atomic mass is 28.3. The fourth-order valence-corrected chi connectivity index (χ4v) is 4.75. The lowest BCUT2D eigenvalue weighted by Crippen LogP contribution is -2.27. The minimum Gasteiger partial charge on any atom is -0.107 e. The summed E-state index contributed by atoms with van der Waals surface area (Å²) < 4.78 is 0. The molecular formula is C16H32Si. The molecule has 0 unspecified atom stereocenters. The minimum atomic E-state index is -1.27. The van der Waals surface area contributed by atoms with Gasteiger partial charge in [-0.05, 0) is 0 Å². The van der Waals surface area contributed by atoms with Crippen molar-refractivity contribution in [3.05, 3.63) is 24.6 Å². The summed E-state index contributed by atoms with van der Waals surface area (Å²) in [4.78, 5) is 0. The molecule has 0 bridgehead atoms. The van der Waals surface area contributed by atoms with Crippen molar-refractivity contribution in [2.24, 2.45) is 0 Å². The Labute approximate surface area is 110 Å². The molecule has 0 aliphatic carbocycles. The molecule has 0 atom stereocenters. The van der Waals surface area contributed by atoms with Crippen LogP contribution in [0.4, 0.5) is 0 Å². The monoisotopic (exact) mass is 252 g/mol. The van der Waals surface area contributed by atoms with Crippen LogP contribution in [-0.4, -0.2) is 8.07 Å². The molecule has 0 aromatic rings. The number of hydrogen-bond acceptors (Lipinski definition) is 0. The molecule has 0 heterocycles. The van der Waals surface area contributed by atoms with Crippen molar-refractivity contribution in [2.45, 2.75) is 77.3 Å². The maximum atomic E-state index is 4.01. The van der Waals surface area contributed by atoms with Crippen LogP contribution in [-0.2, 0) is 0 Å². The highest BCUT2D eigenvalue weighted by Gasteiger charge is 2.21. The van der Waals surface area contributed by atoms with Crippen LogP contribution in [0.5, 0.6) is 0 Å². The fourth-order valence-electron chi connectivity index (χ4n) is 2.34. The van der Waals surface area contributed by atoms with Crippen LogP contribution in [0.1, 0.15) is 65.2 Å². The second-order valence-corrected chi connectivity index (χ2v) is 9.71. The molecule has 0 spiro atoms. The van der Waals surface area contributed by atoms with E-state index < -0.39 is 8.07 Å². The molecule has 0 nitrogen and oxygen atoms in total. The summed E-state index contributed by atoms with van der Waals surface area (Å²) >= 11 is 0. The van der Waals surface area contributed by atoms with E-state index in [-0.39, 0.29) is 0 Å².